The molecule has 2 aromatic heterocycles. The van der Waals surface area contributed by atoms with Crippen LogP contribution in [-0.2, 0) is 18.3 Å². The fraction of sp³-hybridized carbons (Fsp3) is 0.632. The highest BCUT2D eigenvalue weighted by atomic mass is 35.5. The van der Waals surface area contributed by atoms with Gasteiger partial charge in [0.05, 0.1) is 11.8 Å². The molecule has 148 valence electrons. The first kappa shape index (κ1) is 19.9. The van der Waals surface area contributed by atoms with Gasteiger partial charge in [0.15, 0.2) is 5.65 Å². The third-order valence-corrected chi connectivity index (χ3v) is 6.41. The number of nitrogens with one attached hydrogen (secondary N) is 2. The van der Waals surface area contributed by atoms with Crippen molar-refractivity contribution in [2.24, 2.45) is 12.5 Å². The Balaban J connectivity index is 0.00000210. The number of carbonyl (C=O) groups is 1. The van der Waals surface area contributed by atoms with Crippen LogP contribution in [0.3, 0.4) is 0 Å². The number of hydrogen-bond donors (Lipinski definition) is 2. The number of likely N-dealkylation sites (tertiary alicyclic amines) is 1. The number of hydrogen-bond acceptors (Lipinski definition) is 4. The Morgan fingerprint density at radius 2 is 1.93 bits per heavy atom. The zero-order valence-corrected chi connectivity index (χ0v) is 17.0. The van der Waals surface area contributed by atoms with Crippen LogP contribution in [0.4, 0.5) is 0 Å². The number of nitrogens with zero attached hydrogens (tertiary/aromatic N) is 3. The van der Waals surface area contributed by atoms with Crippen LogP contribution in [0.5, 0.6) is 0 Å². The van der Waals surface area contributed by atoms with Crippen molar-refractivity contribution in [3.05, 3.63) is 27.2 Å². The fourth-order valence-corrected chi connectivity index (χ4v) is 4.62. The molecular formula is C19H28ClN5O2. The van der Waals surface area contributed by atoms with Gasteiger partial charge in [-0.1, -0.05) is 0 Å². The minimum Gasteiger partial charge on any atom is -0.342 e. The van der Waals surface area contributed by atoms with Crippen molar-refractivity contribution in [3.8, 4) is 0 Å². The van der Waals surface area contributed by atoms with Gasteiger partial charge in [-0.15, -0.1) is 12.4 Å². The van der Waals surface area contributed by atoms with Gasteiger partial charge in [0, 0.05) is 32.4 Å². The quantitative estimate of drug-likeness (QED) is 0.808. The van der Waals surface area contributed by atoms with Gasteiger partial charge in [0.25, 0.3) is 5.56 Å². The van der Waals surface area contributed by atoms with Gasteiger partial charge in [-0.25, -0.2) is 4.98 Å². The maximum absolute atomic E-state index is 12.9. The number of aryl methyl sites for hydroxylation is 3. The monoisotopic (exact) mass is 393 g/mol. The van der Waals surface area contributed by atoms with E-state index in [0.717, 1.165) is 55.8 Å². The maximum atomic E-state index is 12.9. The molecule has 0 aromatic carbocycles. The first-order valence-electron chi connectivity index (χ1n) is 9.43. The highest BCUT2D eigenvalue weighted by Crippen LogP contribution is 2.37. The molecule has 0 aliphatic carbocycles. The van der Waals surface area contributed by atoms with Gasteiger partial charge in [-0.2, -0.15) is 0 Å². The molecule has 0 atom stereocenters. The largest absolute Gasteiger partial charge is 0.342 e. The van der Waals surface area contributed by atoms with Crippen molar-refractivity contribution in [2.45, 2.75) is 39.5 Å². The highest BCUT2D eigenvalue weighted by molar-refractivity contribution is 5.85. The lowest BCUT2D eigenvalue weighted by molar-refractivity contribution is -0.132. The number of halogens is 1. The second kappa shape index (κ2) is 7.28. The lowest BCUT2D eigenvalue weighted by Gasteiger charge is -2.39. The van der Waals surface area contributed by atoms with E-state index in [1.54, 1.807) is 11.7 Å². The van der Waals surface area contributed by atoms with E-state index in [1.165, 1.54) is 6.42 Å². The molecule has 2 fully saturated rings. The smallest absolute Gasteiger partial charge is 0.273 e. The molecule has 4 heterocycles. The van der Waals surface area contributed by atoms with Gasteiger partial charge in [-0.05, 0) is 56.2 Å². The van der Waals surface area contributed by atoms with Gasteiger partial charge in [0.2, 0.25) is 5.91 Å². The van der Waals surface area contributed by atoms with E-state index in [1.807, 2.05) is 18.7 Å². The summed E-state index contributed by atoms with van der Waals surface area (Å²) in [5.41, 5.74) is 3.50. The van der Waals surface area contributed by atoms with Crippen LogP contribution in [-0.4, -0.2) is 51.8 Å². The van der Waals surface area contributed by atoms with Crippen LogP contribution >= 0.6 is 12.4 Å². The highest BCUT2D eigenvalue weighted by Gasteiger charge is 2.38. The van der Waals surface area contributed by atoms with Gasteiger partial charge in [-0.3, -0.25) is 19.4 Å². The number of piperidine rings is 1. The fourth-order valence-electron chi connectivity index (χ4n) is 4.62. The topological polar surface area (TPSA) is 83.0 Å². The summed E-state index contributed by atoms with van der Waals surface area (Å²) in [5, 5.41) is 6.81. The Morgan fingerprint density at radius 1 is 1.22 bits per heavy atom. The maximum Gasteiger partial charge on any atom is 0.273 e. The molecule has 0 unspecified atom stereocenters. The summed E-state index contributed by atoms with van der Waals surface area (Å²) in [5.74, 6) is 0.144. The van der Waals surface area contributed by atoms with E-state index < -0.39 is 0 Å². The van der Waals surface area contributed by atoms with Crippen LogP contribution in [0.25, 0.3) is 11.0 Å². The van der Waals surface area contributed by atoms with Crippen molar-refractivity contribution in [3.63, 3.8) is 0 Å². The van der Waals surface area contributed by atoms with Gasteiger partial charge < -0.3 is 10.2 Å². The molecule has 2 aromatic rings. The summed E-state index contributed by atoms with van der Waals surface area (Å²) < 4.78 is 1.64. The van der Waals surface area contributed by atoms with Crippen molar-refractivity contribution in [1.82, 2.24) is 25.0 Å². The molecule has 7 nitrogen and oxygen atoms in total. The summed E-state index contributed by atoms with van der Waals surface area (Å²) in [6.07, 6.45) is 3.71. The van der Waals surface area contributed by atoms with E-state index in [9.17, 15) is 9.59 Å². The minimum absolute atomic E-state index is 0. The number of aromatic nitrogens is 3. The Hall–Kier alpha value is -1.86. The molecule has 0 saturated carbocycles. The molecular weight excluding hydrogens is 366 g/mol. The van der Waals surface area contributed by atoms with Crippen molar-refractivity contribution < 1.29 is 4.79 Å². The predicted octanol–water partition coefficient (Wildman–Crippen LogP) is 1.44. The molecule has 1 spiro atoms. The van der Waals surface area contributed by atoms with E-state index >= 15 is 0 Å². The Kier molecular flexibility index (Phi) is 5.36. The summed E-state index contributed by atoms with van der Waals surface area (Å²) in [4.78, 5) is 31.6. The predicted molar refractivity (Wildman–Crippen MR) is 107 cm³/mol. The van der Waals surface area contributed by atoms with Crippen LogP contribution in [0, 0.1) is 19.3 Å². The zero-order chi connectivity index (χ0) is 18.5. The van der Waals surface area contributed by atoms with E-state index in [4.69, 9.17) is 0 Å². The molecule has 2 aliphatic heterocycles. The standard InChI is InChI=1S/C19H27N5O2.ClH/c1-12-14(13(2)21-17-16(12)18(26)22-23(17)3)10-15(25)24-8-5-19(6-9-24)4-7-20-11-19;/h20H,4-11H2,1-3H3,(H,22,26);1H. The molecule has 1 amide bonds. The van der Waals surface area contributed by atoms with Crippen LogP contribution < -0.4 is 10.9 Å². The molecule has 0 bridgehead atoms. The average Bonchev–Trinajstić information content (AvgIpc) is 3.17. The number of amides is 1. The SMILES string of the molecule is Cc1nc2c(c(C)c1CC(=O)N1CCC3(CCNC3)CC1)c(=O)[nH]n2C.Cl. The van der Waals surface area contributed by atoms with Crippen LogP contribution in [0.15, 0.2) is 4.79 Å². The summed E-state index contributed by atoms with van der Waals surface area (Å²) in [7, 11) is 1.78. The Labute approximate surface area is 164 Å². The summed E-state index contributed by atoms with van der Waals surface area (Å²) >= 11 is 0. The molecule has 4 rings (SSSR count). The van der Waals surface area contributed by atoms with E-state index in [0.29, 0.717) is 22.9 Å². The van der Waals surface area contributed by atoms with E-state index in [2.05, 4.69) is 15.4 Å². The molecule has 2 N–H and O–H groups in total. The second-order valence-electron chi connectivity index (χ2n) is 7.98. The lowest BCUT2D eigenvalue weighted by atomic mass is 9.78. The molecule has 2 aliphatic rings. The summed E-state index contributed by atoms with van der Waals surface area (Å²) in [6.45, 7) is 7.70. The third-order valence-electron chi connectivity index (χ3n) is 6.41. The Bertz CT molecular complexity index is 916. The summed E-state index contributed by atoms with van der Waals surface area (Å²) in [6, 6.07) is 0. The normalized spacial score (nSPS) is 18.9. The number of carbonyl (C=O) groups excluding carboxylic acids is 1. The van der Waals surface area contributed by atoms with Crippen molar-refractivity contribution in [2.75, 3.05) is 26.2 Å². The number of fused-ring (bicyclic) bond motifs is 1. The first-order chi connectivity index (χ1) is 12.4. The van der Waals surface area contributed by atoms with Crippen LogP contribution in [0.2, 0.25) is 0 Å². The number of rotatable bonds is 2. The van der Waals surface area contributed by atoms with Gasteiger partial charge >= 0.3 is 0 Å². The number of pyridine rings is 1. The van der Waals surface area contributed by atoms with Crippen molar-refractivity contribution >= 4 is 29.3 Å². The lowest BCUT2D eigenvalue weighted by Crippen LogP contribution is -2.44. The number of H-pyrrole nitrogens is 1. The average molecular weight is 394 g/mol. The number of aromatic amines is 1. The van der Waals surface area contributed by atoms with Crippen LogP contribution in [0.1, 0.15) is 36.1 Å². The van der Waals surface area contributed by atoms with Gasteiger partial charge in [0.1, 0.15) is 0 Å². The Morgan fingerprint density at radius 3 is 2.56 bits per heavy atom. The van der Waals surface area contributed by atoms with Crippen molar-refractivity contribution in [1.29, 1.82) is 0 Å². The van der Waals surface area contributed by atoms with E-state index in [-0.39, 0.29) is 23.9 Å². The first-order valence-corrected chi connectivity index (χ1v) is 9.43. The second-order valence-corrected chi connectivity index (χ2v) is 7.98. The molecule has 2 saturated heterocycles. The molecule has 8 heteroatoms. The third kappa shape index (κ3) is 3.38. The molecule has 0 radical (unpaired) electrons. The zero-order valence-electron chi connectivity index (χ0n) is 16.2. The molecule has 27 heavy (non-hydrogen) atoms. The minimum atomic E-state index is -0.144.